The third-order valence-corrected chi connectivity index (χ3v) is 6.43. The summed E-state index contributed by atoms with van der Waals surface area (Å²) in [4.78, 5) is 24.8. The summed E-state index contributed by atoms with van der Waals surface area (Å²) in [7, 11) is 0. The fraction of sp³-hybridized carbons (Fsp3) is 0.300. The number of carbonyl (C=O) groups excluding carboxylic acids is 2. The Balaban J connectivity index is 0.000000141. The van der Waals surface area contributed by atoms with Gasteiger partial charge in [-0.15, -0.1) is 23.5 Å². The summed E-state index contributed by atoms with van der Waals surface area (Å²) in [6.45, 7) is 3.23. The fourth-order valence-electron chi connectivity index (χ4n) is 2.81. The van der Waals surface area contributed by atoms with Crippen molar-refractivity contribution in [1.82, 2.24) is 0 Å². The molecule has 2 heterocycles. The zero-order valence-electron chi connectivity index (χ0n) is 13.9. The summed E-state index contributed by atoms with van der Waals surface area (Å²) >= 11 is 3.75. The van der Waals surface area contributed by atoms with Gasteiger partial charge in [0.2, 0.25) is 0 Å². The number of rotatable bonds is 2. The number of hydrogen-bond acceptors (Lipinski definition) is 4. The molecule has 0 radical (unpaired) electrons. The van der Waals surface area contributed by atoms with Crippen LogP contribution in [-0.4, -0.2) is 23.1 Å². The Morgan fingerprint density at radius 1 is 0.750 bits per heavy atom. The Morgan fingerprint density at radius 3 is 1.54 bits per heavy atom. The van der Waals surface area contributed by atoms with E-state index < -0.39 is 0 Å². The molecule has 0 spiro atoms. The van der Waals surface area contributed by atoms with Crippen molar-refractivity contribution in [2.75, 3.05) is 11.5 Å². The van der Waals surface area contributed by atoms with E-state index >= 15 is 0 Å². The Hall–Kier alpha value is -1.52. The molecule has 0 fully saturated rings. The van der Waals surface area contributed by atoms with Gasteiger partial charge < -0.3 is 0 Å². The van der Waals surface area contributed by atoms with E-state index in [4.69, 9.17) is 0 Å². The van der Waals surface area contributed by atoms with Crippen molar-refractivity contribution in [1.29, 1.82) is 0 Å². The highest BCUT2D eigenvalue weighted by molar-refractivity contribution is 7.99. The average Bonchev–Trinajstić information content (AvgIpc) is 3.22. The average molecular weight is 357 g/mol. The molecule has 0 saturated carbocycles. The highest BCUT2D eigenvalue weighted by Gasteiger charge is 2.13. The predicted octanol–water partition coefficient (Wildman–Crippen LogP) is 5.07. The summed E-state index contributed by atoms with van der Waals surface area (Å²) in [5.41, 5.74) is 4.37. The monoisotopic (exact) mass is 356 g/mol. The lowest BCUT2D eigenvalue weighted by atomic mass is 10.1. The van der Waals surface area contributed by atoms with Crippen molar-refractivity contribution in [3.8, 4) is 0 Å². The second kappa shape index (κ2) is 7.58. The maximum absolute atomic E-state index is 11.0. The first kappa shape index (κ1) is 17.3. The number of carbonyl (C=O) groups is 2. The van der Waals surface area contributed by atoms with E-state index in [-0.39, 0.29) is 11.6 Å². The maximum Gasteiger partial charge on any atom is 0.159 e. The summed E-state index contributed by atoms with van der Waals surface area (Å²) in [6, 6.07) is 12.0. The smallest absolute Gasteiger partial charge is 0.159 e. The van der Waals surface area contributed by atoms with E-state index in [0.717, 1.165) is 35.5 Å². The molecule has 4 rings (SSSR count). The normalized spacial score (nSPS) is 14.4. The first-order chi connectivity index (χ1) is 11.5. The number of benzene rings is 2. The van der Waals surface area contributed by atoms with Crippen LogP contribution in [0.4, 0.5) is 0 Å². The molecular formula is C20H20O2S2. The first-order valence-electron chi connectivity index (χ1n) is 8.08. The van der Waals surface area contributed by atoms with Crippen molar-refractivity contribution in [2.24, 2.45) is 0 Å². The Morgan fingerprint density at radius 2 is 1.17 bits per heavy atom. The largest absolute Gasteiger partial charge is 0.295 e. The number of fused-ring (bicyclic) bond motifs is 2. The minimum absolute atomic E-state index is 0.162. The van der Waals surface area contributed by atoms with Gasteiger partial charge >= 0.3 is 0 Å². The van der Waals surface area contributed by atoms with Gasteiger partial charge in [0.15, 0.2) is 11.6 Å². The van der Waals surface area contributed by atoms with Crippen LogP contribution in [0.2, 0.25) is 0 Å². The number of hydrogen-bond donors (Lipinski definition) is 0. The topological polar surface area (TPSA) is 34.1 Å². The minimum atomic E-state index is 0.162. The van der Waals surface area contributed by atoms with Crippen LogP contribution in [0, 0.1) is 0 Å². The molecule has 0 aliphatic carbocycles. The van der Waals surface area contributed by atoms with Crippen molar-refractivity contribution in [3.05, 3.63) is 58.7 Å². The lowest BCUT2D eigenvalue weighted by Crippen LogP contribution is -1.93. The van der Waals surface area contributed by atoms with E-state index in [0.29, 0.717) is 0 Å². The second-order valence-electron chi connectivity index (χ2n) is 5.95. The third-order valence-electron chi connectivity index (χ3n) is 4.19. The van der Waals surface area contributed by atoms with Crippen LogP contribution in [0.25, 0.3) is 0 Å². The number of thioether (sulfide) groups is 2. The third kappa shape index (κ3) is 3.93. The zero-order chi connectivity index (χ0) is 17.1. The van der Waals surface area contributed by atoms with Crippen LogP contribution in [0.15, 0.2) is 46.2 Å². The molecule has 124 valence electrons. The van der Waals surface area contributed by atoms with E-state index in [1.54, 1.807) is 13.8 Å². The zero-order valence-corrected chi connectivity index (χ0v) is 15.6. The molecule has 2 aliphatic rings. The molecule has 0 saturated heterocycles. The van der Waals surface area contributed by atoms with Crippen LogP contribution in [0.5, 0.6) is 0 Å². The van der Waals surface area contributed by atoms with Crippen LogP contribution in [-0.2, 0) is 12.8 Å². The van der Waals surface area contributed by atoms with Gasteiger partial charge in [-0.2, -0.15) is 0 Å². The standard InChI is InChI=1S/2C10H10OS/c2*1-7(11)8-2-3-10-9(6-8)4-5-12-10/h2*2-3,6H,4-5H2,1H3. The van der Waals surface area contributed by atoms with Gasteiger partial charge in [0.25, 0.3) is 0 Å². The molecule has 0 aromatic heterocycles. The van der Waals surface area contributed by atoms with Gasteiger partial charge in [-0.05, 0) is 62.1 Å². The van der Waals surface area contributed by atoms with Crippen molar-refractivity contribution >= 4 is 35.1 Å². The second-order valence-corrected chi connectivity index (χ2v) is 8.23. The molecular weight excluding hydrogens is 336 g/mol. The molecule has 0 N–H and O–H groups in total. The van der Waals surface area contributed by atoms with Gasteiger partial charge in [0, 0.05) is 32.4 Å². The van der Waals surface area contributed by atoms with Crippen LogP contribution in [0.1, 0.15) is 45.7 Å². The SMILES string of the molecule is CC(=O)c1ccc2c(c1)CCS2.CC(=O)c1ccc2c(c1)CCS2. The first-order valence-corrected chi connectivity index (χ1v) is 10.0. The van der Waals surface area contributed by atoms with E-state index in [2.05, 4.69) is 12.1 Å². The predicted molar refractivity (Wildman–Crippen MR) is 102 cm³/mol. The minimum Gasteiger partial charge on any atom is -0.295 e. The highest BCUT2D eigenvalue weighted by atomic mass is 32.2. The van der Waals surface area contributed by atoms with Crippen molar-refractivity contribution in [3.63, 3.8) is 0 Å². The van der Waals surface area contributed by atoms with Gasteiger partial charge in [-0.25, -0.2) is 0 Å². The van der Waals surface area contributed by atoms with Gasteiger partial charge in [-0.3, -0.25) is 9.59 Å². The van der Waals surface area contributed by atoms with Crippen molar-refractivity contribution < 1.29 is 9.59 Å². The molecule has 24 heavy (non-hydrogen) atoms. The molecule has 2 aliphatic heterocycles. The van der Waals surface area contributed by atoms with E-state index in [9.17, 15) is 9.59 Å². The lowest BCUT2D eigenvalue weighted by Gasteiger charge is -1.99. The van der Waals surface area contributed by atoms with E-state index in [1.165, 1.54) is 20.9 Å². The summed E-state index contributed by atoms with van der Waals surface area (Å²) < 4.78 is 0. The summed E-state index contributed by atoms with van der Waals surface area (Å²) in [6.07, 6.45) is 2.22. The molecule has 2 aromatic rings. The molecule has 0 bridgehead atoms. The van der Waals surface area contributed by atoms with Crippen LogP contribution in [0.3, 0.4) is 0 Å². The Labute approximate surface area is 151 Å². The molecule has 4 heteroatoms. The number of ketones is 2. The molecule has 0 amide bonds. The highest BCUT2D eigenvalue weighted by Crippen LogP contribution is 2.32. The maximum atomic E-state index is 11.0. The quantitative estimate of drug-likeness (QED) is 0.703. The van der Waals surface area contributed by atoms with Gasteiger partial charge in [-0.1, -0.05) is 12.1 Å². The summed E-state index contributed by atoms with van der Waals surface area (Å²) in [5, 5.41) is 0. The molecule has 2 nitrogen and oxygen atoms in total. The van der Waals surface area contributed by atoms with E-state index in [1.807, 2.05) is 47.8 Å². The number of aryl methyl sites for hydroxylation is 2. The Bertz CT molecular complexity index is 729. The summed E-state index contributed by atoms with van der Waals surface area (Å²) in [5.74, 6) is 2.65. The van der Waals surface area contributed by atoms with Gasteiger partial charge in [0.05, 0.1) is 0 Å². The van der Waals surface area contributed by atoms with Gasteiger partial charge in [0.1, 0.15) is 0 Å². The Kier molecular flexibility index (Phi) is 5.47. The molecule has 2 aromatic carbocycles. The van der Waals surface area contributed by atoms with Crippen molar-refractivity contribution in [2.45, 2.75) is 36.5 Å². The lowest BCUT2D eigenvalue weighted by molar-refractivity contribution is 0.100. The van der Waals surface area contributed by atoms with Crippen LogP contribution < -0.4 is 0 Å². The molecule has 0 atom stereocenters. The fourth-order valence-corrected chi connectivity index (χ4v) is 4.92. The number of Topliss-reactive ketones (excluding diaryl/α,β-unsaturated/α-hetero) is 2. The van der Waals surface area contributed by atoms with Crippen LogP contribution >= 0.6 is 23.5 Å². The molecule has 0 unspecified atom stereocenters.